The van der Waals surface area contributed by atoms with Crippen LogP contribution in [0.15, 0.2) is 0 Å². The number of alkyl halides is 1. The van der Waals surface area contributed by atoms with Crippen LogP contribution < -0.4 is 24.0 Å². The van der Waals surface area contributed by atoms with Crippen LogP contribution in [0.25, 0.3) is 0 Å². The minimum atomic E-state index is 0. The van der Waals surface area contributed by atoms with Gasteiger partial charge in [0, 0.05) is 5.88 Å². The molecule has 0 aliphatic carbocycles. The van der Waals surface area contributed by atoms with Gasteiger partial charge in [0.25, 0.3) is 0 Å². The molecule has 0 unspecified atom stereocenters. The Bertz CT molecular complexity index is 151. The minimum absolute atomic E-state index is 0. The minimum Gasteiger partial charge on any atom is -1.00 e. The first-order chi connectivity index (χ1) is 7.62. The first-order valence-electron chi connectivity index (χ1n) is 7.00. The number of quaternary nitrogens is 1. The van der Waals surface area contributed by atoms with Gasteiger partial charge in [-0.05, 0) is 25.7 Å². The molecule has 0 heterocycles. The van der Waals surface area contributed by atoms with E-state index in [1.807, 2.05) is 0 Å². The third kappa shape index (κ3) is 14.9. The van der Waals surface area contributed by atoms with Crippen LogP contribution in [-0.4, -0.2) is 37.5 Å². The molecule has 0 aromatic heterocycles. The molecule has 17 heavy (non-hydrogen) atoms. The maximum atomic E-state index is 5.70. The Morgan fingerprint density at radius 1 is 0.765 bits per heavy atom. The molecule has 0 atom stereocenters. The Hall–Kier alpha value is 0.980. The molecule has 3 heteroatoms. The molecule has 0 aromatic rings. The predicted octanol–water partition coefficient (Wildman–Crippen LogP) is 1.45. The van der Waals surface area contributed by atoms with Gasteiger partial charge in [0.2, 0.25) is 0 Å². The smallest absolute Gasteiger partial charge is 0.0782 e. The highest BCUT2D eigenvalue weighted by Gasteiger charge is 2.13. The zero-order valence-corrected chi connectivity index (χ0v) is 14.9. The van der Waals surface area contributed by atoms with Crippen molar-refractivity contribution < 1.29 is 28.5 Å². The monoisotopic (exact) mass is 375 g/mol. The topological polar surface area (TPSA) is 0 Å². The van der Waals surface area contributed by atoms with Gasteiger partial charge >= 0.3 is 0 Å². The molecule has 0 bridgehead atoms. The molecule has 0 aliphatic rings. The number of hydrogen-bond donors (Lipinski definition) is 0. The lowest BCUT2D eigenvalue weighted by Gasteiger charge is -2.29. The molecule has 1 nitrogen and oxygen atoms in total. The summed E-state index contributed by atoms with van der Waals surface area (Å²) < 4.78 is 1.17. The largest absolute Gasteiger partial charge is 1.00 e. The molecule has 0 fully saturated rings. The zero-order valence-electron chi connectivity index (χ0n) is 12.0. The molecule has 106 valence electrons. The Morgan fingerprint density at radius 2 is 1.24 bits per heavy atom. The van der Waals surface area contributed by atoms with Gasteiger partial charge in [-0.1, -0.05) is 32.6 Å². The zero-order chi connectivity index (χ0) is 12.3. The van der Waals surface area contributed by atoms with Crippen LogP contribution in [0.2, 0.25) is 0 Å². The molecule has 0 saturated heterocycles. The van der Waals surface area contributed by atoms with E-state index in [2.05, 4.69) is 21.0 Å². The van der Waals surface area contributed by atoms with Crippen LogP contribution in [0.4, 0.5) is 0 Å². The standard InChI is InChI=1S/C14H31ClN.HI/c1-4-5-6-7-8-10-13-16(2,3)14-11-9-12-15;/h4-14H2,1-3H3;1H/q+1;/p-1. The summed E-state index contributed by atoms with van der Waals surface area (Å²) in [6.07, 6.45) is 10.8. The van der Waals surface area contributed by atoms with Crippen molar-refractivity contribution in [2.75, 3.05) is 33.1 Å². The highest BCUT2D eigenvalue weighted by atomic mass is 127. The van der Waals surface area contributed by atoms with Gasteiger partial charge in [-0.2, -0.15) is 0 Å². The Balaban J connectivity index is 0. The van der Waals surface area contributed by atoms with E-state index in [-0.39, 0.29) is 24.0 Å². The van der Waals surface area contributed by atoms with E-state index in [0.717, 1.165) is 5.88 Å². The van der Waals surface area contributed by atoms with Crippen LogP contribution in [0.5, 0.6) is 0 Å². The van der Waals surface area contributed by atoms with Crippen molar-refractivity contribution in [3.8, 4) is 0 Å². The second-order valence-corrected chi connectivity index (χ2v) is 5.92. The lowest BCUT2D eigenvalue weighted by Crippen LogP contribution is -3.00. The summed E-state index contributed by atoms with van der Waals surface area (Å²) in [6, 6.07) is 0. The molecular formula is C14H31ClIN. The number of hydrogen-bond acceptors (Lipinski definition) is 0. The second-order valence-electron chi connectivity index (χ2n) is 5.55. The average molecular weight is 376 g/mol. The van der Waals surface area contributed by atoms with E-state index in [1.165, 1.54) is 68.9 Å². The highest BCUT2D eigenvalue weighted by Crippen LogP contribution is 2.09. The fourth-order valence-electron chi connectivity index (χ4n) is 2.07. The van der Waals surface area contributed by atoms with Gasteiger partial charge in [-0.25, -0.2) is 0 Å². The van der Waals surface area contributed by atoms with Crippen LogP contribution >= 0.6 is 11.6 Å². The lowest BCUT2D eigenvalue weighted by molar-refractivity contribution is -0.890. The molecule has 0 saturated carbocycles. The normalized spacial score (nSPS) is 11.3. The van der Waals surface area contributed by atoms with Crippen molar-refractivity contribution >= 4 is 11.6 Å². The Labute approximate surface area is 131 Å². The Morgan fingerprint density at radius 3 is 1.76 bits per heavy atom. The van der Waals surface area contributed by atoms with E-state index in [9.17, 15) is 0 Å². The third-order valence-electron chi connectivity index (χ3n) is 3.26. The summed E-state index contributed by atoms with van der Waals surface area (Å²) >= 11 is 5.70. The second kappa shape index (κ2) is 13.4. The lowest BCUT2D eigenvalue weighted by atomic mass is 10.1. The molecule has 0 rings (SSSR count). The first kappa shape index (κ1) is 20.3. The van der Waals surface area contributed by atoms with E-state index in [0.29, 0.717) is 0 Å². The van der Waals surface area contributed by atoms with Gasteiger partial charge in [0.1, 0.15) is 0 Å². The van der Waals surface area contributed by atoms with Gasteiger partial charge in [0.05, 0.1) is 27.2 Å². The highest BCUT2D eigenvalue weighted by molar-refractivity contribution is 6.17. The van der Waals surface area contributed by atoms with Crippen molar-refractivity contribution in [2.24, 2.45) is 0 Å². The summed E-state index contributed by atoms with van der Waals surface area (Å²) in [5, 5.41) is 0. The number of halogens is 2. The Kier molecular flexibility index (Phi) is 16.0. The molecule has 0 amide bonds. The van der Waals surface area contributed by atoms with Gasteiger partial charge in [-0.3, -0.25) is 0 Å². The van der Waals surface area contributed by atoms with E-state index in [1.54, 1.807) is 0 Å². The molecule has 0 aromatic carbocycles. The number of nitrogens with zero attached hydrogens (tertiary/aromatic N) is 1. The summed E-state index contributed by atoms with van der Waals surface area (Å²) in [6.45, 7) is 4.88. The molecular weight excluding hydrogens is 345 g/mol. The number of unbranched alkanes of at least 4 members (excludes halogenated alkanes) is 6. The van der Waals surface area contributed by atoms with Crippen molar-refractivity contribution in [2.45, 2.75) is 58.3 Å². The van der Waals surface area contributed by atoms with Crippen molar-refractivity contribution in [3.63, 3.8) is 0 Å². The van der Waals surface area contributed by atoms with Gasteiger partial charge in [-0.15, -0.1) is 11.6 Å². The number of rotatable bonds is 11. The molecule has 0 spiro atoms. The van der Waals surface area contributed by atoms with Crippen LogP contribution in [0, 0.1) is 0 Å². The predicted molar refractivity (Wildman–Crippen MR) is 75.2 cm³/mol. The van der Waals surface area contributed by atoms with E-state index >= 15 is 0 Å². The molecule has 0 aliphatic heterocycles. The van der Waals surface area contributed by atoms with Crippen LogP contribution in [-0.2, 0) is 0 Å². The van der Waals surface area contributed by atoms with E-state index in [4.69, 9.17) is 11.6 Å². The summed E-state index contributed by atoms with van der Waals surface area (Å²) in [5.41, 5.74) is 0. The summed E-state index contributed by atoms with van der Waals surface area (Å²) in [4.78, 5) is 0. The maximum Gasteiger partial charge on any atom is 0.0782 e. The molecule has 0 N–H and O–H groups in total. The fourth-order valence-corrected chi connectivity index (χ4v) is 2.26. The third-order valence-corrected chi connectivity index (χ3v) is 3.53. The quantitative estimate of drug-likeness (QED) is 0.222. The van der Waals surface area contributed by atoms with Crippen molar-refractivity contribution in [1.29, 1.82) is 0 Å². The van der Waals surface area contributed by atoms with Gasteiger partial charge in [0.15, 0.2) is 0 Å². The van der Waals surface area contributed by atoms with Crippen molar-refractivity contribution in [3.05, 3.63) is 0 Å². The summed E-state index contributed by atoms with van der Waals surface area (Å²) in [5.74, 6) is 0.816. The first-order valence-corrected chi connectivity index (χ1v) is 7.54. The SMILES string of the molecule is CCCCCCCC[N+](C)(C)CCCCCl.[I-]. The fraction of sp³-hybridized carbons (Fsp3) is 1.00. The van der Waals surface area contributed by atoms with Gasteiger partial charge < -0.3 is 28.5 Å². The molecule has 0 radical (unpaired) electrons. The van der Waals surface area contributed by atoms with Crippen LogP contribution in [0.3, 0.4) is 0 Å². The van der Waals surface area contributed by atoms with Crippen LogP contribution in [0.1, 0.15) is 58.3 Å². The van der Waals surface area contributed by atoms with Crippen molar-refractivity contribution in [1.82, 2.24) is 0 Å². The summed E-state index contributed by atoms with van der Waals surface area (Å²) in [7, 11) is 4.69. The maximum absolute atomic E-state index is 5.70. The van der Waals surface area contributed by atoms with E-state index < -0.39 is 0 Å². The average Bonchev–Trinajstić information content (AvgIpc) is 2.23.